The molecule has 1 aliphatic heterocycles. The molecular weight excluding hydrogens is 212 g/mol. The first-order valence-corrected chi connectivity index (χ1v) is 6.30. The molecule has 1 atom stereocenters. The highest BCUT2D eigenvalue weighted by atomic mass is 16.5. The van der Waals surface area contributed by atoms with Gasteiger partial charge in [-0.05, 0) is 24.0 Å². The maximum atomic E-state index is 5.85. The first kappa shape index (κ1) is 12.0. The SMILES string of the molecule is CC[C@H](C)c1ccccc1OCC1=NCCN1. The van der Waals surface area contributed by atoms with Crippen molar-refractivity contribution in [3.63, 3.8) is 0 Å². The molecule has 0 unspecified atom stereocenters. The van der Waals surface area contributed by atoms with Crippen LogP contribution in [-0.2, 0) is 0 Å². The van der Waals surface area contributed by atoms with E-state index in [-0.39, 0.29) is 0 Å². The molecule has 0 amide bonds. The van der Waals surface area contributed by atoms with Crippen LogP contribution in [0, 0.1) is 0 Å². The molecule has 0 saturated heterocycles. The number of amidine groups is 1. The topological polar surface area (TPSA) is 33.6 Å². The van der Waals surface area contributed by atoms with E-state index in [0.717, 1.165) is 31.1 Å². The van der Waals surface area contributed by atoms with Gasteiger partial charge in [0.1, 0.15) is 18.2 Å². The molecule has 92 valence electrons. The van der Waals surface area contributed by atoms with Gasteiger partial charge in [-0.2, -0.15) is 0 Å². The zero-order valence-electron chi connectivity index (χ0n) is 10.6. The Morgan fingerprint density at radius 3 is 2.94 bits per heavy atom. The molecule has 0 fully saturated rings. The van der Waals surface area contributed by atoms with E-state index in [0.29, 0.717) is 12.5 Å². The lowest BCUT2D eigenvalue weighted by molar-refractivity contribution is 0.366. The van der Waals surface area contributed by atoms with Crippen LogP contribution in [0.5, 0.6) is 5.75 Å². The van der Waals surface area contributed by atoms with Crippen LogP contribution in [-0.4, -0.2) is 25.5 Å². The Labute approximate surface area is 103 Å². The van der Waals surface area contributed by atoms with Crippen molar-refractivity contribution in [2.45, 2.75) is 26.2 Å². The van der Waals surface area contributed by atoms with Crippen LogP contribution in [0.1, 0.15) is 31.7 Å². The fourth-order valence-corrected chi connectivity index (χ4v) is 1.93. The van der Waals surface area contributed by atoms with Crippen molar-refractivity contribution in [2.75, 3.05) is 19.7 Å². The van der Waals surface area contributed by atoms with Gasteiger partial charge in [-0.25, -0.2) is 0 Å². The smallest absolute Gasteiger partial charge is 0.145 e. The molecule has 0 aromatic heterocycles. The number of rotatable bonds is 5. The second kappa shape index (κ2) is 5.71. The fraction of sp³-hybridized carbons (Fsp3) is 0.500. The minimum atomic E-state index is 0.532. The van der Waals surface area contributed by atoms with Gasteiger partial charge in [0.05, 0.1) is 6.54 Å². The monoisotopic (exact) mass is 232 g/mol. The lowest BCUT2D eigenvalue weighted by Crippen LogP contribution is -2.25. The lowest BCUT2D eigenvalue weighted by atomic mass is 9.98. The van der Waals surface area contributed by atoms with E-state index in [9.17, 15) is 0 Å². The van der Waals surface area contributed by atoms with E-state index < -0.39 is 0 Å². The first-order valence-electron chi connectivity index (χ1n) is 6.30. The minimum Gasteiger partial charge on any atom is -0.485 e. The van der Waals surface area contributed by atoms with E-state index in [1.807, 2.05) is 12.1 Å². The highest BCUT2D eigenvalue weighted by Crippen LogP contribution is 2.28. The van der Waals surface area contributed by atoms with Gasteiger partial charge in [0, 0.05) is 6.54 Å². The fourth-order valence-electron chi connectivity index (χ4n) is 1.93. The van der Waals surface area contributed by atoms with Crippen molar-refractivity contribution in [1.29, 1.82) is 0 Å². The zero-order valence-corrected chi connectivity index (χ0v) is 10.6. The van der Waals surface area contributed by atoms with Crippen LogP contribution in [0.3, 0.4) is 0 Å². The van der Waals surface area contributed by atoms with Gasteiger partial charge in [0.2, 0.25) is 0 Å². The molecule has 3 heteroatoms. The Balaban J connectivity index is 2.04. The first-order chi connectivity index (χ1) is 8.31. The molecule has 1 aromatic rings. The third-order valence-corrected chi connectivity index (χ3v) is 3.17. The van der Waals surface area contributed by atoms with Crippen molar-refractivity contribution in [3.8, 4) is 5.75 Å². The molecule has 1 aromatic carbocycles. The normalized spacial score (nSPS) is 16.2. The van der Waals surface area contributed by atoms with Gasteiger partial charge < -0.3 is 10.1 Å². The van der Waals surface area contributed by atoms with Gasteiger partial charge in [0.25, 0.3) is 0 Å². The number of para-hydroxylation sites is 1. The van der Waals surface area contributed by atoms with Gasteiger partial charge in [-0.3, -0.25) is 4.99 Å². The molecule has 0 saturated carbocycles. The minimum absolute atomic E-state index is 0.532. The summed E-state index contributed by atoms with van der Waals surface area (Å²) in [4.78, 5) is 4.33. The molecule has 1 heterocycles. The van der Waals surface area contributed by atoms with E-state index >= 15 is 0 Å². The second-order valence-corrected chi connectivity index (χ2v) is 4.39. The number of benzene rings is 1. The predicted octanol–water partition coefficient (Wildman–Crippen LogP) is 2.58. The summed E-state index contributed by atoms with van der Waals surface area (Å²) < 4.78 is 5.85. The quantitative estimate of drug-likeness (QED) is 0.846. The molecule has 0 spiro atoms. The highest BCUT2D eigenvalue weighted by Gasteiger charge is 2.11. The molecule has 3 nitrogen and oxygen atoms in total. The maximum Gasteiger partial charge on any atom is 0.145 e. The average molecular weight is 232 g/mol. The number of hydrogen-bond acceptors (Lipinski definition) is 3. The van der Waals surface area contributed by atoms with Crippen molar-refractivity contribution in [2.24, 2.45) is 4.99 Å². The number of aliphatic imine (C=N–C) groups is 1. The lowest BCUT2D eigenvalue weighted by Gasteiger charge is -2.15. The Bertz CT molecular complexity index is 401. The molecular formula is C14H20N2O. The van der Waals surface area contributed by atoms with Crippen molar-refractivity contribution in [3.05, 3.63) is 29.8 Å². The van der Waals surface area contributed by atoms with E-state index in [1.54, 1.807) is 0 Å². The summed E-state index contributed by atoms with van der Waals surface area (Å²) >= 11 is 0. The number of nitrogens with zero attached hydrogens (tertiary/aromatic N) is 1. The van der Waals surface area contributed by atoms with Crippen LogP contribution in [0.2, 0.25) is 0 Å². The molecule has 1 aliphatic rings. The van der Waals surface area contributed by atoms with Crippen LogP contribution < -0.4 is 10.1 Å². The molecule has 17 heavy (non-hydrogen) atoms. The highest BCUT2D eigenvalue weighted by molar-refractivity contribution is 5.85. The largest absolute Gasteiger partial charge is 0.485 e. The van der Waals surface area contributed by atoms with E-state index in [4.69, 9.17) is 4.74 Å². The van der Waals surface area contributed by atoms with E-state index in [1.165, 1.54) is 5.56 Å². The van der Waals surface area contributed by atoms with Crippen LogP contribution in [0.15, 0.2) is 29.3 Å². The van der Waals surface area contributed by atoms with Gasteiger partial charge in [0.15, 0.2) is 0 Å². The second-order valence-electron chi connectivity index (χ2n) is 4.39. The summed E-state index contributed by atoms with van der Waals surface area (Å²) in [6.07, 6.45) is 1.12. The van der Waals surface area contributed by atoms with Gasteiger partial charge >= 0.3 is 0 Å². The number of ether oxygens (including phenoxy) is 1. The summed E-state index contributed by atoms with van der Waals surface area (Å²) in [6, 6.07) is 8.27. The Kier molecular flexibility index (Phi) is 4.02. The van der Waals surface area contributed by atoms with Crippen LogP contribution in [0.25, 0.3) is 0 Å². The summed E-state index contributed by atoms with van der Waals surface area (Å²) in [6.45, 7) is 6.78. The average Bonchev–Trinajstić information content (AvgIpc) is 2.89. The number of nitrogens with one attached hydrogen (secondary N) is 1. The summed E-state index contributed by atoms with van der Waals surface area (Å²) in [5.74, 6) is 2.48. The zero-order chi connectivity index (χ0) is 12.1. The Morgan fingerprint density at radius 1 is 1.41 bits per heavy atom. The third kappa shape index (κ3) is 2.99. The summed E-state index contributed by atoms with van der Waals surface area (Å²) in [5.41, 5.74) is 1.29. The standard InChI is InChI=1S/C14H20N2O/c1-3-11(2)12-6-4-5-7-13(12)17-10-14-15-8-9-16-14/h4-7,11H,3,8-10H2,1-2H3,(H,15,16)/t11-/m0/s1. The molecule has 2 rings (SSSR count). The Morgan fingerprint density at radius 2 is 2.24 bits per heavy atom. The van der Waals surface area contributed by atoms with Crippen LogP contribution >= 0.6 is 0 Å². The van der Waals surface area contributed by atoms with Crippen molar-refractivity contribution < 1.29 is 4.74 Å². The molecule has 0 aliphatic carbocycles. The summed E-state index contributed by atoms with van der Waals surface area (Å²) in [5, 5.41) is 3.21. The molecule has 0 radical (unpaired) electrons. The van der Waals surface area contributed by atoms with Crippen molar-refractivity contribution >= 4 is 5.84 Å². The van der Waals surface area contributed by atoms with E-state index in [2.05, 4.69) is 36.3 Å². The third-order valence-electron chi connectivity index (χ3n) is 3.17. The van der Waals surface area contributed by atoms with Gasteiger partial charge in [-0.15, -0.1) is 0 Å². The van der Waals surface area contributed by atoms with Gasteiger partial charge in [-0.1, -0.05) is 32.0 Å². The predicted molar refractivity (Wildman–Crippen MR) is 70.9 cm³/mol. The number of hydrogen-bond donors (Lipinski definition) is 1. The molecule has 1 N–H and O–H groups in total. The maximum absolute atomic E-state index is 5.85. The Hall–Kier alpha value is -1.51. The van der Waals surface area contributed by atoms with Crippen LogP contribution in [0.4, 0.5) is 0 Å². The summed E-state index contributed by atoms with van der Waals surface area (Å²) in [7, 11) is 0. The molecule has 0 bridgehead atoms. The van der Waals surface area contributed by atoms with Crippen molar-refractivity contribution in [1.82, 2.24) is 5.32 Å².